The Balaban J connectivity index is 2.13. The van der Waals surface area contributed by atoms with Gasteiger partial charge in [0.1, 0.15) is 5.82 Å². The Morgan fingerprint density at radius 1 is 1.53 bits per heavy atom. The molecule has 1 N–H and O–H groups in total. The standard InChI is InChI=1S/C13H17BrFNO/c1-8-5-10(14)11(15)6-12(8)16-13(7-17-2)9-3-4-9/h5-6,9,13,16H,3-4,7H2,1-2H3. The van der Waals surface area contributed by atoms with Gasteiger partial charge in [-0.25, -0.2) is 4.39 Å². The molecular formula is C13H17BrFNO. The van der Waals surface area contributed by atoms with Crippen molar-refractivity contribution in [2.45, 2.75) is 25.8 Å². The van der Waals surface area contributed by atoms with Gasteiger partial charge in [-0.05, 0) is 59.3 Å². The molecule has 1 aromatic carbocycles. The van der Waals surface area contributed by atoms with Crippen LogP contribution < -0.4 is 5.32 Å². The molecular weight excluding hydrogens is 285 g/mol. The molecule has 1 aliphatic carbocycles. The molecule has 94 valence electrons. The summed E-state index contributed by atoms with van der Waals surface area (Å²) in [5, 5.41) is 3.39. The maximum absolute atomic E-state index is 13.5. The van der Waals surface area contributed by atoms with Gasteiger partial charge in [-0.15, -0.1) is 0 Å². The molecule has 0 saturated heterocycles. The first kappa shape index (κ1) is 12.8. The van der Waals surface area contributed by atoms with Crippen LogP contribution in [0.3, 0.4) is 0 Å². The SMILES string of the molecule is COCC(Nc1cc(F)c(Br)cc1C)C1CC1. The molecule has 4 heteroatoms. The second-order valence-corrected chi connectivity index (χ2v) is 5.48. The van der Waals surface area contributed by atoms with Crippen LogP contribution in [0.2, 0.25) is 0 Å². The van der Waals surface area contributed by atoms with Crippen LogP contribution >= 0.6 is 15.9 Å². The monoisotopic (exact) mass is 301 g/mol. The molecule has 0 aromatic heterocycles. The van der Waals surface area contributed by atoms with E-state index in [4.69, 9.17) is 4.74 Å². The molecule has 1 saturated carbocycles. The van der Waals surface area contributed by atoms with Crippen molar-refractivity contribution in [2.24, 2.45) is 5.92 Å². The van der Waals surface area contributed by atoms with Gasteiger partial charge in [0.05, 0.1) is 17.1 Å². The summed E-state index contributed by atoms with van der Waals surface area (Å²) in [6.07, 6.45) is 2.47. The molecule has 0 radical (unpaired) electrons. The molecule has 0 heterocycles. The van der Waals surface area contributed by atoms with Crippen molar-refractivity contribution in [3.05, 3.63) is 28.0 Å². The van der Waals surface area contributed by atoms with Gasteiger partial charge < -0.3 is 10.1 Å². The predicted molar refractivity (Wildman–Crippen MR) is 70.8 cm³/mol. The Bertz CT molecular complexity index is 407. The molecule has 0 bridgehead atoms. The lowest BCUT2D eigenvalue weighted by Crippen LogP contribution is -2.27. The molecule has 1 fully saturated rings. The lowest BCUT2D eigenvalue weighted by Gasteiger charge is -2.20. The van der Waals surface area contributed by atoms with Gasteiger partial charge >= 0.3 is 0 Å². The van der Waals surface area contributed by atoms with Crippen LogP contribution in [0.5, 0.6) is 0 Å². The van der Waals surface area contributed by atoms with Gasteiger partial charge in [0.15, 0.2) is 0 Å². The van der Waals surface area contributed by atoms with E-state index in [1.54, 1.807) is 19.2 Å². The summed E-state index contributed by atoms with van der Waals surface area (Å²) in [7, 11) is 1.70. The lowest BCUT2D eigenvalue weighted by molar-refractivity contribution is 0.179. The number of nitrogens with one attached hydrogen (secondary N) is 1. The fraction of sp³-hybridized carbons (Fsp3) is 0.538. The number of benzene rings is 1. The van der Waals surface area contributed by atoms with Crippen LogP contribution in [0.15, 0.2) is 16.6 Å². The highest BCUT2D eigenvalue weighted by molar-refractivity contribution is 9.10. The average Bonchev–Trinajstić information content (AvgIpc) is 3.08. The number of methoxy groups -OCH3 is 1. The highest BCUT2D eigenvalue weighted by Crippen LogP contribution is 2.35. The number of halogens is 2. The van der Waals surface area contributed by atoms with E-state index >= 15 is 0 Å². The first-order chi connectivity index (χ1) is 8.11. The minimum atomic E-state index is -0.231. The Labute approximate surface area is 110 Å². The zero-order valence-corrected chi connectivity index (χ0v) is 11.7. The van der Waals surface area contributed by atoms with Crippen LogP contribution in [0.1, 0.15) is 18.4 Å². The molecule has 0 aliphatic heterocycles. The third kappa shape index (κ3) is 3.19. The lowest BCUT2D eigenvalue weighted by atomic mass is 10.1. The zero-order valence-electron chi connectivity index (χ0n) is 10.1. The Morgan fingerprint density at radius 3 is 2.82 bits per heavy atom. The van der Waals surface area contributed by atoms with E-state index in [1.807, 2.05) is 6.92 Å². The molecule has 1 atom stereocenters. The summed E-state index contributed by atoms with van der Waals surface area (Å²) in [4.78, 5) is 0. The number of aryl methyl sites for hydroxylation is 1. The van der Waals surface area contributed by atoms with E-state index in [0.717, 1.165) is 11.3 Å². The van der Waals surface area contributed by atoms with Crippen LogP contribution in [-0.2, 0) is 4.74 Å². The maximum Gasteiger partial charge on any atom is 0.139 e. The maximum atomic E-state index is 13.5. The van der Waals surface area contributed by atoms with Gasteiger partial charge in [0.2, 0.25) is 0 Å². The second-order valence-electron chi connectivity index (χ2n) is 4.62. The molecule has 2 nitrogen and oxygen atoms in total. The van der Waals surface area contributed by atoms with Gasteiger partial charge in [-0.3, -0.25) is 0 Å². The van der Waals surface area contributed by atoms with E-state index in [2.05, 4.69) is 21.2 Å². The van der Waals surface area contributed by atoms with E-state index in [1.165, 1.54) is 12.8 Å². The fourth-order valence-electron chi connectivity index (χ4n) is 1.98. The van der Waals surface area contributed by atoms with Crippen molar-refractivity contribution in [2.75, 3.05) is 19.0 Å². The Kier molecular flexibility index (Phi) is 4.05. The van der Waals surface area contributed by atoms with Gasteiger partial charge in [-0.2, -0.15) is 0 Å². The van der Waals surface area contributed by atoms with E-state index < -0.39 is 0 Å². The van der Waals surface area contributed by atoms with Crippen molar-refractivity contribution >= 4 is 21.6 Å². The van der Waals surface area contributed by atoms with Crippen molar-refractivity contribution in [1.29, 1.82) is 0 Å². The molecule has 0 spiro atoms. The first-order valence-electron chi connectivity index (χ1n) is 5.83. The summed E-state index contributed by atoms with van der Waals surface area (Å²) < 4.78 is 19.2. The van der Waals surface area contributed by atoms with E-state index in [0.29, 0.717) is 23.0 Å². The molecule has 1 aliphatic rings. The van der Waals surface area contributed by atoms with Crippen molar-refractivity contribution in [3.8, 4) is 0 Å². The summed E-state index contributed by atoms with van der Waals surface area (Å²) in [6, 6.07) is 3.64. The third-order valence-corrected chi connectivity index (χ3v) is 3.75. The van der Waals surface area contributed by atoms with Gasteiger partial charge in [0, 0.05) is 12.8 Å². The minimum Gasteiger partial charge on any atom is -0.383 e. The quantitative estimate of drug-likeness (QED) is 0.895. The second kappa shape index (κ2) is 5.36. The van der Waals surface area contributed by atoms with Crippen molar-refractivity contribution in [1.82, 2.24) is 0 Å². The number of ether oxygens (including phenoxy) is 1. The van der Waals surface area contributed by atoms with Gasteiger partial charge in [0.25, 0.3) is 0 Å². The van der Waals surface area contributed by atoms with E-state index in [-0.39, 0.29) is 5.82 Å². The summed E-state index contributed by atoms with van der Waals surface area (Å²) >= 11 is 3.19. The number of hydrogen-bond donors (Lipinski definition) is 1. The average molecular weight is 302 g/mol. The van der Waals surface area contributed by atoms with E-state index in [9.17, 15) is 4.39 Å². The Hall–Kier alpha value is -0.610. The van der Waals surface area contributed by atoms with Crippen LogP contribution in [0, 0.1) is 18.7 Å². The first-order valence-corrected chi connectivity index (χ1v) is 6.62. The normalized spacial score (nSPS) is 16.9. The highest BCUT2D eigenvalue weighted by Gasteiger charge is 2.31. The number of hydrogen-bond acceptors (Lipinski definition) is 2. The van der Waals surface area contributed by atoms with Crippen LogP contribution in [0.25, 0.3) is 0 Å². The molecule has 1 unspecified atom stereocenters. The number of anilines is 1. The fourth-order valence-corrected chi connectivity index (χ4v) is 2.43. The summed E-state index contributed by atoms with van der Waals surface area (Å²) in [5.74, 6) is 0.436. The molecule has 17 heavy (non-hydrogen) atoms. The highest BCUT2D eigenvalue weighted by atomic mass is 79.9. The largest absolute Gasteiger partial charge is 0.383 e. The molecule has 1 aromatic rings. The molecule has 0 amide bonds. The van der Waals surface area contributed by atoms with Gasteiger partial charge in [-0.1, -0.05) is 0 Å². The number of rotatable bonds is 5. The van der Waals surface area contributed by atoms with Crippen LogP contribution in [0.4, 0.5) is 10.1 Å². The predicted octanol–water partition coefficient (Wildman–Crippen LogP) is 3.73. The smallest absolute Gasteiger partial charge is 0.139 e. The third-order valence-electron chi connectivity index (χ3n) is 3.15. The zero-order chi connectivity index (χ0) is 12.4. The summed E-state index contributed by atoms with van der Waals surface area (Å²) in [6.45, 7) is 2.64. The minimum absolute atomic E-state index is 0.231. The molecule has 2 rings (SSSR count). The Morgan fingerprint density at radius 2 is 2.24 bits per heavy atom. The summed E-state index contributed by atoms with van der Waals surface area (Å²) in [5.41, 5.74) is 1.90. The van der Waals surface area contributed by atoms with Crippen molar-refractivity contribution < 1.29 is 9.13 Å². The topological polar surface area (TPSA) is 21.3 Å². The van der Waals surface area contributed by atoms with Crippen molar-refractivity contribution in [3.63, 3.8) is 0 Å². The van der Waals surface area contributed by atoms with Crippen LogP contribution in [-0.4, -0.2) is 19.8 Å².